The van der Waals surface area contributed by atoms with Gasteiger partial charge >= 0.3 is 0 Å². The average Bonchev–Trinajstić information content (AvgIpc) is 2.97. The highest BCUT2D eigenvalue weighted by molar-refractivity contribution is 6.35. The third-order valence-electron chi connectivity index (χ3n) is 3.15. The van der Waals surface area contributed by atoms with E-state index in [2.05, 4.69) is 17.2 Å². The molecule has 1 aliphatic rings. The molecule has 1 N–H and O–H groups in total. The summed E-state index contributed by atoms with van der Waals surface area (Å²) < 4.78 is 0. The van der Waals surface area contributed by atoms with E-state index in [0.29, 0.717) is 15.5 Å². The molecule has 0 radical (unpaired) electrons. The summed E-state index contributed by atoms with van der Waals surface area (Å²) in [5.41, 5.74) is 0.491. The van der Waals surface area contributed by atoms with E-state index in [1.807, 2.05) is 0 Å². The van der Waals surface area contributed by atoms with E-state index >= 15 is 0 Å². The fourth-order valence-electron chi connectivity index (χ4n) is 1.65. The lowest BCUT2D eigenvalue weighted by Gasteiger charge is -2.14. The lowest BCUT2D eigenvalue weighted by Crippen LogP contribution is -2.15. The molecule has 1 heterocycles. The smallest absolute Gasteiger partial charge is 0.144 e. The van der Waals surface area contributed by atoms with E-state index in [9.17, 15) is 0 Å². The molecule has 1 aromatic rings. The number of rotatable bonds is 4. The number of pyridine rings is 1. The van der Waals surface area contributed by atoms with Crippen LogP contribution in [0.2, 0.25) is 10.0 Å². The molecule has 0 aliphatic heterocycles. The highest BCUT2D eigenvalue weighted by atomic mass is 35.5. The summed E-state index contributed by atoms with van der Waals surface area (Å²) >= 11 is 11.8. The fourth-order valence-corrected chi connectivity index (χ4v) is 2.09. The maximum Gasteiger partial charge on any atom is 0.144 e. The van der Waals surface area contributed by atoms with Crippen molar-refractivity contribution in [1.82, 2.24) is 4.98 Å². The Balaban J connectivity index is 1.99. The third-order valence-corrected chi connectivity index (χ3v) is 3.64. The van der Waals surface area contributed by atoms with Crippen LogP contribution in [0.5, 0.6) is 0 Å². The van der Waals surface area contributed by atoms with E-state index in [0.717, 1.165) is 12.4 Å². The number of halogens is 2. The molecule has 0 unspecified atom stereocenters. The van der Waals surface area contributed by atoms with Gasteiger partial charge in [0.05, 0.1) is 10.0 Å². The van der Waals surface area contributed by atoms with Crippen LogP contribution in [0.25, 0.3) is 0 Å². The third kappa shape index (κ3) is 2.56. The molecule has 1 aromatic heterocycles. The molecule has 1 saturated carbocycles. The van der Waals surface area contributed by atoms with Crippen LogP contribution < -0.4 is 5.32 Å². The normalized spacial score (nSPS) is 17.5. The van der Waals surface area contributed by atoms with Gasteiger partial charge in [0, 0.05) is 12.7 Å². The summed E-state index contributed by atoms with van der Waals surface area (Å²) in [5.74, 6) is 0.737. The minimum Gasteiger partial charge on any atom is -0.368 e. The Morgan fingerprint density at radius 1 is 1.47 bits per heavy atom. The number of aromatic nitrogens is 1. The topological polar surface area (TPSA) is 24.9 Å². The number of nitrogens with zero attached hydrogens (tertiary/aromatic N) is 1. The second-order valence-corrected chi connectivity index (χ2v) is 5.03. The molecular weight excluding hydrogens is 231 g/mol. The highest BCUT2D eigenvalue weighted by Gasteiger charge is 2.40. The zero-order chi connectivity index (χ0) is 10.9. The largest absolute Gasteiger partial charge is 0.368 e. The lowest BCUT2D eigenvalue weighted by atomic mass is 10.0. The van der Waals surface area contributed by atoms with Crippen molar-refractivity contribution in [2.24, 2.45) is 5.41 Å². The summed E-state index contributed by atoms with van der Waals surface area (Å²) in [7, 11) is 0. The Hall–Kier alpha value is -0.470. The van der Waals surface area contributed by atoms with Crippen molar-refractivity contribution >= 4 is 29.0 Å². The second kappa shape index (κ2) is 4.18. The van der Waals surface area contributed by atoms with E-state index in [1.165, 1.54) is 19.3 Å². The van der Waals surface area contributed by atoms with Gasteiger partial charge in [0.25, 0.3) is 0 Å². The van der Waals surface area contributed by atoms with Gasteiger partial charge in [-0.3, -0.25) is 0 Å². The van der Waals surface area contributed by atoms with Crippen molar-refractivity contribution in [3.8, 4) is 0 Å². The van der Waals surface area contributed by atoms with Crippen molar-refractivity contribution in [2.75, 3.05) is 11.9 Å². The number of nitrogens with one attached hydrogen (secondary N) is 1. The first kappa shape index (κ1) is 11.0. The van der Waals surface area contributed by atoms with Gasteiger partial charge in [0.15, 0.2) is 0 Å². The number of anilines is 1. The summed E-state index contributed by atoms with van der Waals surface area (Å²) in [6.07, 6.45) is 5.44. The fraction of sp³-hybridized carbons (Fsp3) is 0.545. The van der Waals surface area contributed by atoms with Crippen LogP contribution in [0.3, 0.4) is 0 Å². The van der Waals surface area contributed by atoms with Crippen molar-refractivity contribution in [3.63, 3.8) is 0 Å². The molecule has 15 heavy (non-hydrogen) atoms. The van der Waals surface area contributed by atoms with E-state index in [4.69, 9.17) is 23.2 Å². The summed E-state index contributed by atoms with van der Waals surface area (Å²) in [5, 5.41) is 4.46. The molecule has 0 spiro atoms. The molecule has 2 nitrogen and oxygen atoms in total. The first-order valence-electron chi connectivity index (χ1n) is 5.20. The zero-order valence-electron chi connectivity index (χ0n) is 8.69. The molecule has 0 amide bonds. The predicted molar refractivity (Wildman–Crippen MR) is 64.7 cm³/mol. The maximum absolute atomic E-state index is 6.01. The van der Waals surface area contributed by atoms with Crippen LogP contribution in [-0.4, -0.2) is 11.5 Å². The molecule has 0 bridgehead atoms. The molecule has 2 rings (SSSR count). The molecule has 0 saturated heterocycles. The van der Waals surface area contributed by atoms with Gasteiger partial charge in [0.1, 0.15) is 5.82 Å². The molecule has 82 valence electrons. The van der Waals surface area contributed by atoms with Crippen molar-refractivity contribution in [3.05, 3.63) is 22.3 Å². The van der Waals surface area contributed by atoms with Gasteiger partial charge in [0.2, 0.25) is 0 Å². The van der Waals surface area contributed by atoms with Gasteiger partial charge in [-0.2, -0.15) is 0 Å². The van der Waals surface area contributed by atoms with Crippen LogP contribution in [-0.2, 0) is 0 Å². The second-order valence-electron chi connectivity index (χ2n) is 4.19. The van der Waals surface area contributed by atoms with Gasteiger partial charge < -0.3 is 5.32 Å². The van der Waals surface area contributed by atoms with Crippen molar-refractivity contribution in [2.45, 2.75) is 26.2 Å². The summed E-state index contributed by atoms with van der Waals surface area (Å²) in [6, 6.07) is 1.71. The zero-order valence-corrected chi connectivity index (χ0v) is 10.2. The van der Waals surface area contributed by atoms with Gasteiger partial charge in [-0.25, -0.2) is 4.98 Å². The van der Waals surface area contributed by atoms with Gasteiger partial charge in [-0.15, -0.1) is 0 Å². The van der Waals surface area contributed by atoms with Crippen LogP contribution in [0, 0.1) is 5.41 Å². The monoisotopic (exact) mass is 244 g/mol. The van der Waals surface area contributed by atoms with Crippen LogP contribution >= 0.6 is 23.2 Å². The Morgan fingerprint density at radius 3 is 2.73 bits per heavy atom. The van der Waals surface area contributed by atoms with Crippen molar-refractivity contribution in [1.29, 1.82) is 0 Å². The maximum atomic E-state index is 6.01. The van der Waals surface area contributed by atoms with Crippen molar-refractivity contribution < 1.29 is 0 Å². The Kier molecular flexibility index (Phi) is 3.08. The summed E-state index contributed by atoms with van der Waals surface area (Å²) in [6.45, 7) is 3.18. The predicted octanol–water partition coefficient (Wildman–Crippen LogP) is 3.99. The minimum absolute atomic E-state index is 0.491. The molecular formula is C11H14Cl2N2. The molecule has 1 aliphatic carbocycles. The highest BCUT2D eigenvalue weighted by Crippen LogP contribution is 2.48. The Morgan fingerprint density at radius 2 is 2.20 bits per heavy atom. The average molecular weight is 245 g/mol. The lowest BCUT2D eigenvalue weighted by molar-refractivity contribution is 0.521. The quantitative estimate of drug-likeness (QED) is 0.867. The van der Waals surface area contributed by atoms with Gasteiger partial charge in [-0.1, -0.05) is 30.1 Å². The molecule has 0 aromatic carbocycles. The molecule has 4 heteroatoms. The summed E-state index contributed by atoms with van der Waals surface area (Å²) in [4.78, 5) is 4.17. The first-order chi connectivity index (χ1) is 7.15. The van der Waals surface area contributed by atoms with E-state index in [-0.39, 0.29) is 0 Å². The Bertz CT molecular complexity index is 362. The van der Waals surface area contributed by atoms with Crippen LogP contribution in [0.1, 0.15) is 26.2 Å². The first-order valence-corrected chi connectivity index (χ1v) is 5.96. The SMILES string of the molecule is CCC1(CNc2ncc(Cl)cc2Cl)CC1. The van der Waals surface area contributed by atoms with E-state index < -0.39 is 0 Å². The van der Waals surface area contributed by atoms with Crippen LogP contribution in [0.4, 0.5) is 5.82 Å². The van der Waals surface area contributed by atoms with E-state index in [1.54, 1.807) is 12.3 Å². The number of hydrogen-bond donors (Lipinski definition) is 1. The van der Waals surface area contributed by atoms with Crippen LogP contribution in [0.15, 0.2) is 12.3 Å². The Labute approximate surface area is 100.0 Å². The van der Waals surface area contributed by atoms with Gasteiger partial charge in [-0.05, 0) is 30.7 Å². The standard InChI is InChI=1S/C11H14Cl2N2/c1-2-11(3-4-11)7-15-10-9(13)5-8(12)6-14-10/h5-6H,2-4,7H2,1H3,(H,14,15). The minimum atomic E-state index is 0.491. The molecule has 1 fully saturated rings. The number of hydrogen-bond acceptors (Lipinski definition) is 2. The molecule has 0 atom stereocenters.